The lowest BCUT2D eigenvalue weighted by Crippen LogP contribution is -1.90. The number of halogens is 2. The summed E-state index contributed by atoms with van der Waals surface area (Å²) in [5.74, 6) is 0. The summed E-state index contributed by atoms with van der Waals surface area (Å²) in [6.07, 6.45) is 3.55. The van der Waals surface area contributed by atoms with Crippen molar-refractivity contribution in [2.24, 2.45) is 0 Å². The molecule has 0 radical (unpaired) electrons. The third-order valence-electron chi connectivity index (χ3n) is 2.94. The first-order chi connectivity index (χ1) is 9.75. The Morgan fingerprint density at radius 3 is 1.85 bits per heavy atom. The van der Waals surface area contributed by atoms with Gasteiger partial charge in [-0.05, 0) is 52.3 Å². The highest BCUT2D eigenvalue weighted by molar-refractivity contribution is 9.10. The summed E-state index contributed by atoms with van der Waals surface area (Å²) < 4.78 is 0.847. The van der Waals surface area contributed by atoms with E-state index in [-0.39, 0.29) is 0 Å². The molecular formula is C16H10BrClN2. The maximum absolute atomic E-state index is 6.23. The minimum absolute atomic E-state index is 0.658. The second-order valence-corrected chi connectivity index (χ2v) is 5.50. The molecule has 0 unspecified atom stereocenters. The van der Waals surface area contributed by atoms with Gasteiger partial charge >= 0.3 is 0 Å². The molecule has 0 fully saturated rings. The molecule has 2 aromatic heterocycles. The second-order valence-electron chi connectivity index (χ2n) is 4.24. The van der Waals surface area contributed by atoms with Gasteiger partial charge in [0.05, 0.1) is 16.4 Å². The lowest BCUT2D eigenvalue weighted by molar-refractivity contribution is 1.30. The zero-order chi connectivity index (χ0) is 13.9. The van der Waals surface area contributed by atoms with E-state index in [1.807, 2.05) is 48.5 Å². The fraction of sp³-hybridized carbons (Fsp3) is 0. The molecule has 0 aliphatic carbocycles. The van der Waals surface area contributed by atoms with Gasteiger partial charge in [0.2, 0.25) is 0 Å². The monoisotopic (exact) mass is 344 g/mol. The van der Waals surface area contributed by atoms with Crippen LogP contribution in [0, 0.1) is 0 Å². The summed E-state index contributed by atoms with van der Waals surface area (Å²) in [5.41, 5.74) is 3.74. The molecule has 0 N–H and O–H groups in total. The van der Waals surface area contributed by atoms with Gasteiger partial charge < -0.3 is 0 Å². The van der Waals surface area contributed by atoms with E-state index in [1.165, 1.54) is 0 Å². The summed E-state index contributed by atoms with van der Waals surface area (Å²) in [6, 6.07) is 15.5. The van der Waals surface area contributed by atoms with E-state index in [2.05, 4.69) is 25.9 Å². The predicted molar refractivity (Wildman–Crippen MR) is 85.6 cm³/mol. The van der Waals surface area contributed by atoms with Crippen molar-refractivity contribution < 1.29 is 0 Å². The first-order valence-electron chi connectivity index (χ1n) is 6.07. The summed E-state index contributed by atoms with van der Waals surface area (Å²) in [4.78, 5) is 8.82. The average Bonchev–Trinajstić information content (AvgIpc) is 2.51. The summed E-state index contributed by atoms with van der Waals surface area (Å²) in [7, 11) is 0. The molecule has 3 rings (SSSR count). The summed E-state index contributed by atoms with van der Waals surface area (Å²) in [6.45, 7) is 0. The highest BCUT2D eigenvalue weighted by Gasteiger charge is 2.12. The van der Waals surface area contributed by atoms with Crippen LogP contribution in [0.5, 0.6) is 0 Å². The Morgan fingerprint density at radius 2 is 1.35 bits per heavy atom. The molecule has 0 bridgehead atoms. The Hall–Kier alpha value is -1.71. The van der Waals surface area contributed by atoms with Crippen LogP contribution >= 0.6 is 27.5 Å². The van der Waals surface area contributed by atoms with Gasteiger partial charge in [-0.3, -0.25) is 9.97 Å². The number of aromatic nitrogens is 2. The third kappa shape index (κ3) is 2.60. The molecule has 0 saturated heterocycles. The van der Waals surface area contributed by atoms with Gasteiger partial charge in [0.1, 0.15) is 0 Å². The van der Waals surface area contributed by atoms with Gasteiger partial charge in [-0.2, -0.15) is 0 Å². The lowest BCUT2D eigenvalue weighted by atomic mass is 10.0. The van der Waals surface area contributed by atoms with Crippen molar-refractivity contribution in [3.05, 3.63) is 70.4 Å². The Kier molecular flexibility index (Phi) is 3.81. The van der Waals surface area contributed by atoms with Crippen LogP contribution < -0.4 is 0 Å². The van der Waals surface area contributed by atoms with Crippen molar-refractivity contribution in [1.29, 1.82) is 0 Å². The van der Waals surface area contributed by atoms with E-state index < -0.39 is 0 Å². The van der Waals surface area contributed by atoms with Crippen molar-refractivity contribution in [3.63, 3.8) is 0 Å². The standard InChI is InChI=1S/C16H10BrClN2/c17-13-9-11(15-5-1-3-7-19-15)12(10-14(13)18)16-6-2-4-8-20-16/h1-10H. The molecule has 1 aromatic carbocycles. The molecule has 20 heavy (non-hydrogen) atoms. The van der Waals surface area contributed by atoms with Crippen LogP contribution in [0.1, 0.15) is 0 Å². The molecule has 0 spiro atoms. The van der Waals surface area contributed by atoms with Gasteiger partial charge in [-0.1, -0.05) is 23.7 Å². The van der Waals surface area contributed by atoms with Gasteiger partial charge in [0, 0.05) is 28.0 Å². The van der Waals surface area contributed by atoms with Crippen molar-refractivity contribution in [2.75, 3.05) is 0 Å². The minimum Gasteiger partial charge on any atom is -0.256 e. The molecule has 2 heterocycles. The quantitative estimate of drug-likeness (QED) is 0.636. The SMILES string of the molecule is Clc1cc(-c2ccccn2)c(-c2ccccn2)cc1Br. The number of benzene rings is 1. The van der Waals surface area contributed by atoms with E-state index in [9.17, 15) is 0 Å². The van der Waals surface area contributed by atoms with E-state index in [0.29, 0.717) is 5.02 Å². The van der Waals surface area contributed by atoms with Gasteiger partial charge in [0.15, 0.2) is 0 Å². The van der Waals surface area contributed by atoms with Crippen molar-refractivity contribution in [3.8, 4) is 22.5 Å². The van der Waals surface area contributed by atoms with Crippen molar-refractivity contribution >= 4 is 27.5 Å². The maximum atomic E-state index is 6.23. The van der Waals surface area contributed by atoms with E-state index in [0.717, 1.165) is 27.0 Å². The highest BCUT2D eigenvalue weighted by atomic mass is 79.9. The molecule has 0 amide bonds. The zero-order valence-electron chi connectivity index (χ0n) is 10.4. The van der Waals surface area contributed by atoms with Crippen LogP contribution in [0.4, 0.5) is 0 Å². The Bertz CT molecular complexity index is 666. The third-order valence-corrected chi connectivity index (χ3v) is 4.14. The lowest BCUT2D eigenvalue weighted by Gasteiger charge is -2.10. The topological polar surface area (TPSA) is 25.8 Å². The molecule has 4 heteroatoms. The van der Waals surface area contributed by atoms with Crippen LogP contribution in [0.2, 0.25) is 5.02 Å². The first kappa shape index (κ1) is 13.3. The molecule has 0 atom stereocenters. The number of pyridine rings is 2. The molecule has 2 nitrogen and oxygen atoms in total. The minimum atomic E-state index is 0.658. The molecular weight excluding hydrogens is 336 g/mol. The average molecular weight is 346 g/mol. The normalized spacial score (nSPS) is 10.5. The second kappa shape index (κ2) is 5.73. The van der Waals surface area contributed by atoms with Gasteiger partial charge in [-0.15, -0.1) is 0 Å². The predicted octanol–water partition coefficient (Wildman–Crippen LogP) is 5.23. The molecule has 3 aromatic rings. The molecule has 98 valence electrons. The van der Waals surface area contributed by atoms with Crippen LogP contribution in [0.25, 0.3) is 22.5 Å². The Labute approximate surface area is 130 Å². The summed E-state index contributed by atoms with van der Waals surface area (Å²) >= 11 is 9.70. The maximum Gasteiger partial charge on any atom is 0.0709 e. The van der Waals surface area contributed by atoms with Crippen molar-refractivity contribution in [1.82, 2.24) is 9.97 Å². The summed E-state index contributed by atoms with van der Waals surface area (Å²) in [5, 5.41) is 0.658. The van der Waals surface area contributed by atoms with E-state index in [4.69, 9.17) is 11.6 Å². The molecule has 0 saturated carbocycles. The number of hydrogen-bond donors (Lipinski definition) is 0. The van der Waals surface area contributed by atoms with Gasteiger partial charge in [0.25, 0.3) is 0 Å². The van der Waals surface area contributed by atoms with E-state index in [1.54, 1.807) is 12.4 Å². The number of nitrogens with zero attached hydrogens (tertiary/aromatic N) is 2. The van der Waals surface area contributed by atoms with E-state index >= 15 is 0 Å². The Morgan fingerprint density at radius 1 is 0.800 bits per heavy atom. The van der Waals surface area contributed by atoms with Crippen LogP contribution in [0.15, 0.2) is 65.4 Å². The van der Waals surface area contributed by atoms with Crippen molar-refractivity contribution in [2.45, 2.75) is 0 Å². The van der Waals surface area contributed by atoms with Crippen LogP contribution in [0.3, 0.4) is 0 Å². The molecule has 0 aliphatic rings. The number of rotatable bonds is 2. The van der Waals surface area contributed by atoms with Gasteiger partial charge in [-0.25, -0.2) is 0 Å². The van der Waals surface area contributed by atoms with Crippen LogP contribution in [-0.2, 0) is 0 Å². The number of hydrogen-bond acceptors (Lipinski definition) is 2. The Balaban J connectivity index is 2.26. The fourth-order valence-electron chi connectivity index (χ4n) is 2.01. The molecule has 0 aliphatic heterocycles. The first-order valence-corrected chi connectivity index (χ1v) is 7.24. The smallest absolute Gasteiger partial charge is 0.0709 e. The van der Waals surface area contributed by atoms with Crippen LogP contribution in [-0.4, -0.2) is 9.97 Å². The highest BCUT2D eigenvalue weighted by Crippen LogP contribution is 2.36. The zero-order valence-corrected chi connectivity index (χ0v) is 12.8. The largest absolute Gasteiger partial charge is 0.256 e. The fourth-order valence-corrected chi connectivity index (χ4v) is 2.52.